The monoisotopic (exact) mass is 213 g/mol. The number of rotatable bonds is 5. The van der Waals surface area contributed by atoms with Crippen molar-refractivity contribution in [2.45, 2.75) is 31.8 Å². The van der Waals surface area contributed by atoms with Crippen molar-refractivity contribution >= 4 is 11.8 Å². The maximum Gasteiger partial charge on any atom is 0.236 e. The molecule has 0 aromatic heterocycles. The van der Waals surface area contributed by atoms with E-state index < -0.39 is 0 Å². The smallest absolute Gasteiger partial charge is 0.236 e. The van der Waals surface area contributed by atoms with Crippen LogP contribution in [0.1, 0.15) is 19.8 Å². The molecule has 5 nitrogen and oxygen atoms in total. The second-order valence-corrected chi connectivity index (χ2v) is 3.95. The molecule has 0 aromatic carbocycles. The molecular formula is C10H19N3O2. The van der Waals surface area contributed by atoms with Gasteiger partial charge in [0.25, 0.3) is 0 Å². The molecule has 0 heterocycles. The predicted molar refractivity (Wildman–Crippen MR) is 57.3 cm³/mol. The van der Waals surface area contributed by atoms with Crippen LogP contribution in [0, 0.1) is 0 Å². The summed E-state index contributed by atoms with van der Waals surface area (Å²) in [5.74, 6) is -0.0508. The Labute approximate surface area is 90.2 Å². The van der Waals surface area contributed by atoms with Gasteiger partial charge in [0.15, 0.2) is 0 Å². The minimum atomic E-state index is -0.327. The first-order valence-electron chi connectivity index (χ1n) is 5.27. The molecule has 1 saturated carbocycles. The third kappa shape index (κ3) is 3.51. The summed E-state index contributed by atoms with van der Waals surface area (Å²) < 4.78 is 0. The van der Waals surface area contributed by atoms with E-state index in [1.165, 1.54) is 0 Å². The molecule has 0 aromatic rings. The van der Waals surface area contributed by atoms with Crippen LogP contribution in [-0.4, -0.2) is 49.4 Å². The Morgan fingerprint density at radius 2 is 2.07 bits per heavy atom. The van der Waals surface area contributed by atoms with Gasteiger partial charge in [0.2, 0.25) is 11.8 Å². The molecule has 86 valence electrons. The average Bonchev–Trinajstić information content (AvgIpc) is 3.06. The molecule has 0 spiro atoms. The van der Waals surface area contributed by atoms with Crippen molar-refractivity contribution in [3.05, 3.63) is 0 Å². The van der Waals surface area contributed by atoms with Crippen molar-refractivity contribution in [2.24, 2.45) is 0 Å². The zero-order chi connectivity index (χ0) is 11.4. The number of amides is 2. The fourth-order valence-electron chi connectivity index (χ4n) is 1.34. The SMILES string of the molecule is CNC(=O)C(C)NCC(=O)N(C)C1CC1. The molecule has 1 unspecified atom stereocenters. The molecule has 1 aliphatic rings. The van der Waals surface area contributed by atoms with Crippen molar-refractivity contribution < 1.29 is 9.59 Å². The lowest BCUT2D eigenvalue weighted by Crippen LogP contribution is -2.45. The molecule has 1 aliphatic carbocycles. The average molecular weight is 213 g/mol. The first-order valence-corrected chi connectivity index (χ1v) is 5.27. The molecule has 0 bridgehead atoms. The molecule has 1 fully saturated rings. The molecule has 0 saturated heterocycles. The lowest BCUT2D eigenvalue weighted by molar-refractivity contribution is -0.129. The third-order valence-corrected chi connectivity index (χ3v) is 2.69. The summed E-state index contributed by atoms with van der Waals surface area (Å²) in [5, 5.41) is 5.42. The van der Waals surface area contributed by atoms with Crippen LogP contribution in [0.15, 0.2) is 0 Å². The Kier molecular flexibility index (Phi) is 4.08. The van der Waals surface area contributed by atoms with Gasteiger partial charge in [0.05, 0.1) is 12.6 Å². The predicted octanol–water partition coefficient (Wildman–Crippen LogP) is -0.669. The molecular weight excluding hydrogens is 194 g/mol. The summed E-state index contributed by atoms with van der Waals surface area (Å²) in [4.78, 5) is 24.5. The second kappa shape index (κ2) is 5.11. The minimum absolute atomic E-state index is 0.0493. The zero-order valence-electron chi connectivity index (χ0n) is 9.54. The Hall–Kier alpha value is -1.10. The summed E-state index contributed by atoms with van der Waals surface area (Å²) in [6.45, 7) is 1.96. The van der Waals surface area contributed by atoms with Crippen molar-refractivity contribution in [3.8, 4) is 0 Å². The van der Waals surface area contributed by atoms with Crippen LogP contribution >= 0.6 is 0 Å². The third-order valence-electron chi connectivity index (χ3n) is 2.69. The summed E-state index contributed by atoms with van der Waals surface area (Å²) >= 11 is 0. The minimum Gasteiger partial charge on any atom is -0.358 e. The normalized spacial score (nSPS) is 17.0. The highest BCUT2D eigenvalue weighted by Crippen LogP contribution is 2.24. The maximum absolute atomic E-state index is 11.6. The molecule has 0 aliphatic heterocycles. The Bertz CT molecular complexity index is 251. The molecule has 1 rings (SSSR count). The summed E-state index contributed by atoms with van der Waals surface area (Å²) in [6, 6.07) is 0.0983. The van der Waals surface area contributed by atoms with Gasteiger partial charge in [0, 0.05) is 20.1 Å². The van der Waals surface area contributed by atoms with Gasteiger partial charge in [0.1, 0.15) is 0 Å². The first kappa shape index (κ1) is 12.0. The molecule has 5 heteroatoms. The topological polar surface area (TPSA) is 61.4 Å². The molecule has 1 atom stereocenters. The van der Waals surface area contributed by atoms with Crippen LogP contribution < -0.4 is 10.6 Å². The van der Waals surface area contributed by atoms with E-state index in [2.05, 4.69) is 10.6 Å². The maximum atomic E-state index is 11.6. The van der Waals surface area contributed by atoms with E-state index >= 15 is 0 Å². The Balaban J connectivity index is 2.23. The first-order chi connectivity index (χ1) is 7.06. The number of hydrogen-bond acceptors (Lipinski definition) is 3. The van der Waals surface area contributed by atoms with Gasteiger partial charge < -0.3 is 10.2 Å². The van der Waals surface area contributed by atoms with Crippen LogP contribution in [0.25, 0.3) is 0 Å². The fourth-order valence-corrected chi connectivity index (χ4v) is 1.34. The van der Waals surface area contributed by atoms with Crippen molar-refractivity contribution in [1.29, 1.82) is 0 Å². The largest absolute Gasteiger partial charge is 0.358 e. The van der Waals surface area contributed by atoms with Gasteiger partial charge in [-0.25, -0.2) is 0 Å². The van der Waals surface area contributed by atoms with Crippen molar-refractivity contribution in [1.82, 2.24) is 15.5 Å². The van der Waals surface area contributed by atoms with E-state index in [0.717, 1.165) is 12.8 Å². The Morgan fingerprint density at radius 3 is 2.53 bits per heavy atom. The second-order valence-electron chi connectivity index (χ2n) is 3.95. The number of nitrogens with zero attached hydrogens (tertiary/aromatic N) is 1. The number of likely N-dealkylation sites (N-methyl/N-ethyl adjacent to an activating group) is 2. The van der Waals surface area contributed by atoms with Gasteiger partial charge in [-0.05, 0) is 19.8 Å². The highest BCUT2D eigenvalue weighted by Gasteiger charge is 2.29. The van der Waals surface area contributed by atoms with Crippen LogP contribution in [-0.2, 0) is 9.59 Å². The van der Waals surface area contributed by atoms with E-state index in [-0.39, 0.29) is 24.4 Å². The van der Waals surface area contributed by atoms with Crippen LogP contribution in [0.5, 0.6) is 0 Å². The van der Waals surface area contributed by atoms with Crippen LogP contribution in [0.3, 0.4) is 0 Å². The lowest BCUT2D eigenvalue weighted by Gasteiger charge is -2.18. The molecule has 15 heavy (non-hydrogen) atoms. The van der Waals surface area contributed by atoms with E-state index in [4.69, 9.17) is 0 Å². The van der Waals surface area contributed by atoms with Crippen molar-refractivity contribution in [3.63, 3.8) is 0 Å². The fraction of sp³-hybridized carbons (Fsp3) is 0.800. The molecule has 2 amide bonds. The summed E-state index contributed by atoms with van der Waals surface area (Å²) in [5.41, 5.74) is 0. The zero-order valence-corrected chi connectivity index (χ0v) is 9.54. The van der Waals surface area contributed by atoms with E-state index in [9.17, 15) is 9.59 Å². The van der Waals surface area contributed by atoms with Gasteiger partial charge in [-0.2, -0.15) is 0 Å². The van der Waals surface area contributed by atoms with Crippen LogP contribution in [0.2, 0.25) is 0 Å². The van der Waals surface area contributed by atoms with E-state index in [0.29, 0.717) is 6.04 Å². The van der Waals surface area contributed by atoms with Crippen molar-refractivity contribution in [2.75, 3.05) is 20.6 Å². The summed E-state index contributed by atoms with van der Waals surface area (Å²) in [6.07, 6.45) is 2.21. The highest BCUT2D eigenvalue weighted by molar-refractivity contribution is 5.83. The summed E-state index contributed by atoms with van der Waals surface area (Å²) in [7, 11) is 3.39. The van der Waals surface area contributed by atoms with Gasteiger partial charge in [-0.1, -0.05) is 0 Å². The van der Waals surface area contributed by atoms with E-state index in [1.54, 1.807) is 18.9 Å². The lowest BCUT2D eigenvalue weighted by atomic mass is 10.3. The molecule has 0 radical (unpaired) electrons. The highest BCUT2D eigenvalue weighted by atomic mass is 16.2. The van der Waals surface area contributed by atoms with Gasteiger partial charge >= 0.3 is 0 Å². The van der Waals surface area contributed by atoms with Crippen LogP contribution in [0.4, 0.5) is 0 Å². The molecule has 2 N–H and O–H groups in total. The van der Waals surface area contributed by atoms with E-state index in [1.807, 2.05) is 7.05 Å². The standard InChI is InChI=1S/C10H19N3O2/c1-7(10(15)11-2)12-6-9(14)13(3)8-4-5-8/h7-8,12H,4-6H2,1-3H3,(H,11,15). The number of nitrogens with one attached hydrogen (secondary N) is 2. The number of carbonyl (C=O) groups excluding carboxylic acids is 2. The number of hydrogen-bond donors (Lipinski definition) is 2. The quantitative estimate of drug-likeness (QED) is 0.637. The Morgan fingerprint density at radius 1 is 1.47 bits per heavy atom. The van der Waals surface area contributed by atoms with Gasteiger partial charge in [-0.3, -0.25) is 14.9 Å². The number of carbonyl (C=O) groups is 2. The van der Waals surface area contributed by atoms with Gasteiger partial charge in [-0.15, -0.1) is 0 Å².